The lowest BCUT2D eigenvalue weighted by atomic mass is 9.76. The largest absolute Gasteiger partial charge is 0.456 e. The van der Waals surface area contributed by atoms with E-state index in [1.165, 1.54) is 5.56 Å². The lowest BCUT2D eigenvalue weighted by molar-refractivity contribution is 0.0227. The molecule has 0 fully saturated rings. The Morgan fingerprint density at radius 3 is 2.50 bits per heavy atom. The number of hydrogen-bond donors (Lipinski definition) is 2. The zero-order chi connectivity index (χ0) is 23.3. The number of nitrogens with two attached hydrogens (primary N) is 1. The van der Waals surface area contributed by atoms with Crippen LogP contribution in [0.25, 0.3) is 0 Å². The fourth-order valence-corrected chi connectivity index (χ4v) is 5.16. The summed E-state index contributed by atoms with van der Waals surface area (Å²) in [7, 11) is 0. The third kappa shape index (κ3) is 2.90. The summed E-state index contributed by atoms with van der Waals surface area (Å²) in [6.07, 6.45) is 0.876. The van der Waals surface area contributed by atoms with Crippen molar-refractivity contribution in [2.45, 2.75) is 25.0 Å². The maximum Gasteiger partial charge on any atom is 0.340 e. The summed E-state index contributed by atoms with van der Waals surface area (Å²) in [5.41, 5.74) is 10.5. The monoisotopic (exact) mass is 448 g/mol. The van der Waals surface area contributed by atoms with Crippen LogP contribution in [0.15, 0.2) is 91.0 Å². The summed E-state index contributed by atoms with van der Waals surface area (Å²) in [6, 6.07) is 29.3. The minimum Gasteiger partial charge on any atom is -0.456 e. The van der Waals surface area contributed by atoms with Gasteiger partial charge in [-0.25, -0.2) is 4.79 Å². The smallest absolute Gasteiger partial charge is 0.340 e. The van der Waals surface area contributed by atoms with E-state index < -0.39 is 5.60 Å². The highest BCUT2D eigenvalue weighted by Crippen LogP contribution is 2.58. The van der Waals surface area contributed by atoms with Gasteiger partial charge in [0, 0.05) is 22.5 Å². The van der Waals surface area contributed by atoms with Gasteiger partial charge in [-0.15, -0.1) is 0 Å². The topological polar surface area (TPSA) is 73.6 Å². The molecule has 2 aliphatic heterocycles. The number of nitrogen functional groups attached to an aromatic ring is 1. The van der Waals surface area contributed by atoms with Crippen molar-refractivity contribution in [2.24, 2.45) is 0 Å². The summed E-state index contributed by atoms with van der Waals surface area (Å²) in [5, 5.41) is 3.71. The second kappa shape index (κ2) is 7.66. The molecular formula is C29H24N2O3. The first-order valence-corrected chi connectivity index (χ1v) is 11.5. The fourth-order valence-electron chi connectivity index (χ4n) is 5.16. The number of carbonyl (C=O) groups excluding carboxylic acids is 1. The highest BCUT2D eigenvalue weighted by molar-refractivity contribution is 5.97. The van der Waals surface area contributed by atoms with Crippen molar-refractivity contribution in [1.29, 1.82) is 0 Å². The van der Waals surface area contributed by atoms with Crippen molar-refractivity contribution in [3.8, 4) is 11.5 Å². The summed E-state index contributed by atoms with van der Waals surface area (Å²) < 4.78 is 12.7. The van der Waals surface area contributed by atoms with Crippen molar-refractivity contribution in [1.82, 2.24) is 0 Å². The van der Waals surface area contributed by atoms with Crippen molar-refractivity contribution in [3.05, 3.63) is 119 Å². The molecule has 0 amide bonds. The molecule has 6 rings (SSSR count). The Kier molecular flexibility index (Phi) is 4.59. The Morgan fingerprint density at radius 2 is 1.68 bits per heavy atom. The van der Waals surface area contributed by atoms with E-state index >= 15 is 0 Å². The maximum absolute atomic E-state index is 13.1. The van der Waals surface area contributed by atoms with E-state index in [0.717, 1.165) is 28.8 Å². The van der Waals surface area contributed by atoms with Crippen LogP contribution in [0.5, 0.6) is 11.5 Å². The molecule has 3 N–H and O–H groups in total. The van der Waals surface area contributed by atoms with Crippen LogP contribution in [0.3, 0.4) is 0 Å². The number of hydrogen-bond acceptors (Lipinski definition) is 5. The molecule has 168 valence electrons. The minimum atomic E-state index is -1.16. The SMILES string of the molecule is CCC(Nc1cccc2c1C1(OC(=O)c3ccccc31)c1cc(N)ccc1O2)c1ccccc1. The standard InChI is InChI=1S/C29H24N2O3/c1-2-23(18-9-4-3-5-10-18)31-24-13-8-14-26-27(24)29(22-17-19(30)15-16-25(22)33-26)21-12-7-6-11-20(21)28(32)34-29/h3-17,23,31H,2,30H2,1H3. The van der Waals surface area contributed by atoms with Gasteiger partial charge in [0.1, 0.15) is 11.5 Å². The van der Waals surface area contributed by atoms with Gasteiger partial charge in [-0.1, -0.05) is 61.5 Å². The van der Waals surface area contributed by atoms with Gasteiger partial charge >= 0.3 is 5.97 Å². The van der Waals surface area contributed by atoms with Gasteiger partial charge in [-0.2, -0.15) is 0 Å². The van der Waals surface area contributed by atoms with Crippen LogP contribution in [0.4, 0.5) is 11.4 Å². The van der Waals surface area contributed by atoms with E-state index in [2.05, 4.69) is 24.4 Å². The van der Waals surface area contributed by atoms with E-state index in [1.54, 1.807) is 6.07 Å². The van der Waals surface area contributed by atoms with Gasteiger partial charge in [-0.05, 0) is 48.4 Å². The van der Waals surface area contributed by atoms with Gasteiger partial charge in [0.25, 0.3) is 0 Å². The summed E-state index contributed by atoms with van der Waals surface area (Å²) >= 11 is 0. The van der Waals surface area contributed by atoms with Gasteiger partial charge in [0.2, 0.25) is 0 Å². The molecule has 5 nitrogen and oxygen atoms in total. The number of fused-ring (bicyclic) bond motifs is 6. The van der Waals surface area contributed by atoms with Crippen molar-refractivity contribution < 1.29 is 14.3 Å². The Balaban J connectivity index is 1.61. The average molecular weight is 449 g/mol. The molecule has 0 radical (unpaired) electrons. The molecule has 5 heteroatoms. The molecule has 4 aromatic rings. The molecule has 2 heterocycles. The first kappa shape index (κ1) is 20.4. The molecule has 2 aliphatic rings. The molecule has 1 spiro atoms. The molecule has 34 heavy (non-hydrogen) atoms. The van der Waals surface area contributed by atoms with Crippen LogP contribution in [0, 0.1) is 0 Å². The maximum atomic E-state index is 13.1. The van der Waals surface area contributed by atoms with E-state index in [1.807, 2.05) is 72.8 Å². The number of ether oxygens (including phenoxy) is 2. The number of benzene rings is 4. The Labute approximate surface area is 198 Å². The number of anilines is 2. The van der Waals surface area contributed by atoms with Gasteiger partial charge in [0.15, 0.2) is 5.60 Å². The second-order valence-electron chi connectivity index (χ2n) is 8.67. The summed E-state index contributed by atoms with van der Waals surface area (Å²) in [6.45, 7) is 2.15. The lowest BCUT2D eigenvalue weighted by Crippen LogP contribution is -2.34. The zero-order valence-corrected chi connectivity index (χ0v) is 18.7. The van der Waals surface area contributed by atoms with Crippen molar-refractivity contribution in [2.75, 3.05) is 11.1 Å². The van der Waals surface area contributed by atoms with Crippen LogP contribution < -0.4 is 15.8 Å². The molecule has 0 aromatic heterocycles. The second-order valence-corrected chi connectivity index (χ2v) is 8.67. The quantitative estimate of drug-likeness (QED) is 0.279. The van der Waals surface area contributed by atoms with Crippen LogP contribution in [0.1, 0.15) is 52.0 Å². The third-order valence-corrected chi connectivity index (χ3v) is 6.69. The predicted octanol–water partition coefficient (Wildman–Crippen LogP) is 6.40. The highest BCUT2D eigenvalue weighted by atomic mass is 16.6. The Morgan fingerprint density at radius 1 is 0.882 bits per heavy atom. The number of esters is 1. The van der Waals surface area contributed by atoms with E-state index in [0.29, 0.717) is 22.7 Å². The first-order chi connectivity index (χ1) is 16.6. The molecule has 0 aliphatic carbocycles. The summed E-state index contributed by atoms with van der Waals surface area (Å²) in [4.78, 5) is 13.1. The predicted molar refractivity (Wildman–Crippen MR) is 132 cm³/mol. The van der Waals surface area contributed by atoms with Crippen LogP contribution in [-0.2, 0) is 10.3 Å². The molecule has 0 saturated heterocycles. The Hall–Kier alpha value is -4.25. The van der Waals surface area contributed by atoms with E-state index in [-0.39, 0.29) is 12.0 Å². The van der Waals surface area contributed by atoms with Crippen molar-refractivity contribution >= 4 is 17.3 Å². The number of nitrogens with one attached hydrogen (secondary N) is 1. The normalized spacial score (nSPS) is 18.3. The van der Waals surface area contributed by atoms with Crippen molar-refractivity contribution in [3.63, 3.8) is 0 Å². The molecule has 2 atom stereocenters. The molecule has 4 aromatic carbocycles. The van der Waals surface area contributed by atoms with Crippen LogP contribution >= 0.6 is 0 Å². The first-order valence-electron chi connectivity index (χ1n) is 11.5. The van der Waals surface area contributed by atoms with E-state index in [9.17, 15) is 4.79 Å². The molecule has 2 unspecified atom stereocenters. The number of carbonyl (C=O) groups is 1. The fraction of sp³-hybridized carbons (Fsp3) is 0.138. The average Bonchev–Trinajstić information content (AvgIpc) is 3.16. The van der Waals surface area contributed by atoms with Crippen LogP contribution in [-0.4, -0.2) is 5.97 Å². The highest BCUT2D eigenvalue weighted by Gasteiger charge is 2.54. The van der Waals surface area contributed by atoms with Crippen LogP contribution in [0.2, 0.25) is 0 Å². The van der Waals surface area contributed by atoms with Gasteiger partial charge < -0.3 is 20.5 Å². The molecule has 0 bridgehead atoms. The zero-order valence-electron chi connectivity index (χ0n) is 18.7. The minimum absolute atomic E-state index is 0.0688. The third-order valence-electron chi connectivity index (χ3n) is 6.69. The molecule has 0 saturated carbocycles. The number of rotatable bonds is 4. The lowest BCUT2D eigenvalue weighted by Gasteiger charge is -2.38. The molecular weight excluding hydrogens is 424 g/mol. The Bertz CT molecular complexity index is 1420. The summed E-state index contributed by atoms with van der Waals surface area (Å²) in [5.74, 6) is 0.912. The van der Waals surface area contributed by atoms with E-state index in [4.69, 9.17) is 15.2 Å². The van der Waals surface area contributed by atoms with Gasteiger partial charge in [-0.3, -0.25) is 0 Å². The van der Waals surface area contributed by atoms with Gasteiger partial charge in [0.05, 0.1) is 17.2 Å².